The van der Waals surface area contributed by atoms with Crippen molar-refractivity contribution in [1.82, 2.24) is 5.32 Å². The van der Waals surface area contributed by atoms with Gasteiger partial charge >= 0.3 is 0 Å². The first-order valence-electron chi connectivity index (χ1n) is 9.05. The lowest BCUT2D eigenvalue weighted by molar-refractivity contribution is -0.124. The zero-order valence-electron chi connectivity index (χ0n) is 15.4. The third-order valence-corrected chi connectivity index (χ3v) is 4.53. The highest BCUT2D eigenvalue weighted by atomic mass is 16.5. The van der Waals surface area contributed by atoms with E-state index in [9.17, 15) is 9.59 Å². The van der Waals surface area contributed by atoms with Crippen LogP contribution in [-0.4, -0.2) is 32.1 Å². The lowest BCUT2D eigenvalue weighted by atomic mass is 9.97. The lowest BCUT2D eigenvalue weighted by Crippen LogP contribution is -2.32. The molecule has 1 heterocycles. The molecule has 2 N–H and O–H groups in total. The lowest BCUT2D eigenvalue weighted by Gasteiger charge is -2.26. The fraction of sp³-hybridized carbons (Fsp3) is 0.333. The van der Waals surface area contributed by atoms with E-state index in [4.69, 9.17) is 9.47 Å². The largest absolute Gasteiger partial charge is 0.497 e. The van der Waals surface area contributed by atoms with Crippen molar-refractivity contribution in [3.8, 4) is 5.75 Å². The number of ether oxygens (including phenoxy) is 2. The van der Waals surface area contributed by atoms with Crippen LogP contribution in [0.4, 0.5) is 5.69 Å². The summed E-state index contributed by atoms with van der Waals surface area (Å²) in [5.41, 5.74) is 3.07. The van der Waals surface area contributed by atoms with Gasteiger partial charge in [-0.3, -0.25) is 9.59 Å². The quantitative estimate of drug-likeness (QED) is 0.788. The van der Waals surface area contributed by atoms with Crippen LogP contribution in [0.25, 0.3) is 0 Å². The Kier molecular flexibility index (Phi) is 6.44. The highest BCUT2D eigenvalue weighted by molar-refractivity contribution is 5.93. The maximum Gasteiger partial charge on any atom is 0.224 e. The topological polar surface area (TPSA) is 76.7 Å². The third kappa shape index (κ3) is 5.31. The van der Waals surface area contributed by atoms with Gasteiger partial charge in [-0.2, -0.15) is 0 Å². The molecule has 0 aromatic heterocycles. The maximum absolute atomic E-state index is 12.1. The minimum atomic E-state index is -0.199. The van der Waals surface area contributed by atoms with Gasteiger partial charge < -0.3 is 20.1 Å². The number of hydrogen-bond acceptors (Lipinski definition) is 4. The summed E-state index contributed by atoms with van der Waals surface area (Å²) < 4.78 is 10.9. The molecular weight excluding hydrogens is 344 g/mol. The molecule has 0 bridgehead atoms. The molecule has 1 aliphatic heterocycles. The molecule has 6 heteroatoms. The number of methoxy groups -OCH3 is 1. The highest BCUT2D eigenvalue weighted by Crippen LogP contribution is 2.26. The van der Waals surface area contributed by atoms with E-state index in [2.05, 4.69) is 16.7 Å². The van der Waals surface area contributed by atoms with Crippen LogP contribution in [0.5, 0.6) is 5.75 Å². The first kappa shape index (κ1) is 18.9. The zero-order chi connectivity index (χ0) is 19.1. The van der Waals surface area contributed by atoms with E-state index in [1.165, 1.54) is 5.56 Å². The molecule has 3 rings (SSSR count). The summed E-state index contributed by atoms with van der Waals surface area (Å²) in [6.45, 7) is 1.07. The number of carbonyl (C=O) groups is 2. The fourth-order valence-corrected chi connectivity index (χ4v) is 3.07. The van der Waals surface area contributed by atoms with E-state index in [0.29, 0.717) is 18.8 Å². The van der Waals surface area contributed by atoms with Crippen LogP contribution >= 0.6 is 0 Å². The normalized spacial score (nSPS) is 15.5. The second-order valence-electron chi connectivity index (χ2n) is 6.39. The molecule has 2 aromatic rings. The summed E-state index contributed by atoms with van der Waals surface area (Å²) in [6, 6.07) is 15.2. The Hall–Kier alpha value is -2.86. The van der Waals surface area contributed by atoms with Crippen LogP contribution in [0.3, 0.4) is 0 Å². The van der Waals surface area contributed by atoms with E-state index in [-0.39, 0.29) is 30.8 Å². The van der Waals surface area contributed by atoms with Gasteiger partial charge in [0.05, 0.1) is 13.7 Å². The monoisotopic (exact) mass is 368 g/mol. The van der Waals surface area contributed by atoms with Crippen LogP contribution in [-0.2, 0) is 20.7 Å². The Balaban J connectivity index is 1.41. The predicted molar refractivity (Wildman–Crippen MR) is 103 cm³/mol. The van der Waals surface area contributed by atoms with Crippen molar-refractivity contribution in [2.24, 2.45) is 0 Å². The minimum Gasteiger partial charge on any atom is -0.497 e. The number of hydrogen-bond donors (Lipinski definition) is 2. The number of nitrogens with one attached hydrogen (secondary N) is 2. The van der Waals surface area contributed by atoms with Crippen molar-refractivity contribution in [3.63, 3.8) is 0 Å². The summed E-state index contributed by atoms with van der Waals surface area (Å²) in [5, 5.41) is 5.63. The minimum absolute atomic E-state index is 0.125. The number of rotatable bonds is 7. The second kappa shape index (κ2) is 9.19. The molecule has 1 aliphatic rings. The number of fused-ring (bicyclic) bond motifs is 1. The van der Waals surface area contributed by atoms with Gasteiger partial charge in [0.1, 0.15) is 11.9 Å². The van der Waals surface area contributed by atoms with Crippen LogP contribution in [0.15, 0.2) is 48.5 Å². The van der Waals surface area contributed by atoms with Gasteiger partial charge in [-0.15, -0.1) is 0 Å². The Morgan fingerprint density at radius 2 is 1.81 bits per heavy atom. The molecule has 0 fully saturated rings. The second-order valence-corrected chi connectivity index (χ2v) is 6.39. The highest BCUT2D eigenvalue weighted by Gasteiger charge is 2.20. The average Bonchev–Trinajstić information content (AvgIpc) is 2.71. The molecule has 0 radical (unpaired) electrons. The van der Waals surface area contributed by atoms with E-state index in [1.807, 2.05) is 18.2 Å². The van der Waals surface area contributed by atoms with Crippen molar-refractivity contribution in [1.29, 1.82) is 0 Å². The van der Waals surface area contributed by atoms with Gasteiger partial charge in [0, 0.05) is 25.1 Å². The van der Waals surface area contributed by atoms with E-state index >= 15 is 0 Å². The Morgan fingerprint density at radius 1 is 1.07 bits per heavy atom. The van der Waals surface area contributed by atoms with Crippen molar-refractivity contribution in [3.05, 3.63) is 59.7 Å². The first-order chi connectivity index (χ1) is 13.2. The fourth-order valence-electron chi connectivity index (χ4n) is 3.07. The van der Waals surface area contributed by atoms with Gasteiger partial charge in [0.2, 0.25) is 11.8 Å². The Morgan fingerprint density at radius 3 is 2.59 bits per heavy atom. The molecule has 1 atom stereocenters. The third-order valence-electron chi connectivity index (χ3n) is 4.53. The molecular formula is C21H24N2O4. The number of carbonyl (C=O) groups excluding carboxylic acids is 2. The van der Waals surface area contributed by atoms with Crippen molar-refractivity contribution >= 4 is 17.5 Å². The molecule has 2 amide bonds. The van der Waals surface area contributed by atoms with Crippen LogP contribution in [0.2, 0.25) is 0 Å². The van der Waals surface area contributed by atoms with Crippen molar-refractivity contribution in [2.45, 2.75) is 25.4 Å². The molecule has 0 saturated heterocycles. The summed E-state index contributed by atoms with van der Waals surface area (Å²) in [5.74, 6) is 0.361. The molecule has 0 spiro atoms. The summed E-state index contributed by atoms with van der Waals surface area (Å²) in [7, 11) is 1.59. The SMILES string of the molecule is COc1ccc(NC(=O)CCC(=O)NC[C@H]2OCCc3ccccc32)cc1. The van der Waals surface area contributed by atoms with Gasteiger partial charge in [-0.25, -0.2) is 0 Å². The van der Waals surface area contributed by atoms with Gasteiger partial charge in [0.25, 0.3) is 0 Å². The zero-order valence-corrected chi connectivity index (χ0v) is 15.4. The molecule has 0 aliphatic carbocycles. The van der Waals surface area contributed by atoms with Crippen LogP contribution < -0.4 is 15.4 Å². The van der Waals surface area contributed by atoms with E-state index in [1.54, 1.807) is 31.4 Å². The first-order valence-corrected chi connectivity index (χ1v) is 9.05. The van der Waals surface area contributed by atoms with E-state index in [0.717, 1.165) is 17.7 Å². The molecule has 2 aromatic carbocycles. The van der Waals surface area contributed by atoms with Crippen LogP contribution in [0.1, 0.15) is 30.1 Å². The number of anilines is 1. The Labute approximate surface area is 158 Å². The van der Waals surface area contributed by atoms with Crippen LogP contribution in [0, 0.1) is 0 Å². The smallest absolute Gasteiger partial charge is 0.224 e. The standard InChI is InChI=1S/C21H24N2O4/c1-26-17-8-6-16(7-9-17)23-21(25)11-10-20(24)22-14-19-18-5-3-2-4-15(18)12-13-27-19/h2-9,19H,10-14H2,1H3,(H,22,24)(H,23,25)/t19-/m1/s1. The Bertz CT molecular complexity index is 789. The van der Waals surface area contributed by atoms with Crippen molar-refractivity contribution in [2.75, 3.05) is 25.6 Å². The molecule has 0 unspecified atom stereocenters. The van der Waals surface area contributed by atoms with E-state index < -0.39 is 0 Å². The summed E-state index contributed by atoms with van der Waals surface area (Å²) in [6.07, 6.45) is 1.02. The number of benzene rings is 2. The molecule has 6 nitrogen and oxygen atoms in total. The van der Waals surface area contributed by atoms with Gasteiger partial charge in [0.15, 0.2) is 0 Å². The number of amides is 2. The summed E-state index contributed by atoms with van der Waals surface area (Å²) in [4.78, 5) is 24.1. The average molecular weight is 368 g/mol. The molecule has 0 saturated carbocycles. The summed E-state index contributed by atoms with van der Waals surface area (Å²) >= 11 is 0. The van der Waals surface area contributed by atoms with Gasteiger partial charge in [-0.05, 0) is 41.8 Å². The maximum atomic E-state index is 12.1. The van der Waals surface area contributed by atoms with Gasteiger partial charge in [-0.1, -0.05) is 24.3 Å². The molecule has 142 valence electrons. The molecule has 27 heavy (non-hydrogen) atoms. The van der Waals surface area contributed by atoms with Crippen molar-refractivity contribution < 1.29 is 19.1 Å². The predicted octanol–water partition coefficient (Wildman–Crippen LogP) is 2.84.